The molecular formula is C55H52OP2. The first-order valence-corrected chi connectivity index (χ1v) is 23.2. The van der Waals surface area contributed by atoms with Crippen LogP contribution in [0.15, 0.2) is 170 Å². The summed E-state index contributed by atoms with van der Waals surface area (Å²) < 4.78 is 7.82. The first-order chi connectivity index (χ1) is 27.8. The number of hydrogen-bond acceptors (Lipinski definition) is 1. The van der Waals surface area contributed by atoms with Crippen LogP contribution >= 0.6 is 15.8 Å². The summed E-state index contributed by atoms with van der Waals surface area (Å²) in [5.74, 6) is 2.03. The maximum Gasteiger partial charge on any atom is 0.139 e. The van der Waals surface area contributed by atoms with Crippen molar-refractivity contribution in [1.29, 1.82) is 0 Å². The van der Waals surface area contributed by atoms with Gasteiger partial charge in [0, 0.05) is 27.2 Å². The molecule has 0 saturated carbocycles. The summed E-state index contributed by atoms with van der Waals surface area (Å²) in [4.78, 5) is 0. The van der Waals surface area contributed by atoms with E-state index in [-0.39, 0.29) is 16.2 Å². The highest BCUT2D eigenvalue weighted by molar-refractivity contribution is 7.81. The Kier molecular flexibility index (Phi) is 9.71. The van der Waals surface area contributed by atoms with E-state index in [4.69, 9.17) is 4.74 Å². The van der Waals surface area contributed by atoms with Crippen LogP contribution in [0.4, 0.5) is 0 Å². The molecule has 0 unspecified atom stereocenters. The zero-order chi connectivity index (χ0) is 40.4. The molecule has 0 aromatic heterocycles. The van der Waals surface area contributed by atoms with Crippen molar-refractivity contribution in [3.05, 3.63) is 192 Å². The molecule has 0 N–H and O–H groups in total. The van der Waals surface area contributed by atoms with Crippen molar-refractivity contribution in [2.75, 3.05) is 0 Å². The van der Waals surface area contributed by atoms with Crippen molar-refractivity contribution in [2.45, 2.75) is 71.6 Å². The average Bonchev–Trinajstić information content (AvgIpc) is 3.21. The molecule has 8 aromatic rings. The normalized spacial score (nSPS) is 14.7. The molecule has 0 bridgehead atoms. The third-order valence-corrected chi connectivity index (χ3v) is 16.9. The summed E-state index contributed by atoms with van der Waals surface area (Å²) in [6, 6.07) is 63.7. The molecule has 288 valence electrons. The van der Waals surface area contributed by atoms with Crippen LogP contribution in [0.5, 0.6) is 11.5 Å². The molecule has 1 heterocycles. The summed E-state index contributed by atoms with van der Waals surface area (Å²) >= 11 is 0. The highest BCUT2D eigenvalue weighted by Gasteiger charge is 2.42. The second-order valence-electron chi connectivity index (χ2n) is 18.3. The van der Waals surface area contributed by atoms with Gasteiger partial charge >= 0.3 is 0 Å². The molecular weight excluding hydrogens is 739 g/mol. The molecule has 0 aliphatic carbocycles. The summed E-state index contributed by atoms with van der Waals surface area (Å²) in [7, 11) is -2.07. The maximum absolute atomic E-state index is 7.82. The first kappa shape index (κ1) is 38.5. The van der Waals surface area contributed by atoms with Crippen molar-refractivity contribution >= 4 is 69.2 Å². The number of rotatable bonds is 6. The molecule has 0 fully saturated rings. The van der Waals surface area contributed by atoms with Crippen molar-refractivity contribution in [3.63, 3.8) is 0 Å². The minimum atomic E-state index is -1.04. The van der Waals surface area contributed by atoms with Crippen molar-refractivity contribution < 1.29 is 4.74 Å². The van der Waals surface area contributed by atoms with E-state index in [0.29, 0.717) is 0 Å². The molecule has 0 radical (unpaired) electrons. The van der Waals surface area contributed by atoms with E-state index in [0.717, 1.165) is 11.5 Å². The van der Waals surface area contributed by atoms with Crippen LogP contribution in [0.3, 0.4) is 0 Å². The Balaban J connectivity index is 1.38. The van der Waals surface area contributed by atoms with E-state index in [1.807, 2.05) is 0 Å². The van der Waals surface area contributed by atoms with E-state index >= 15 is 0 Å². The highest BCUT2D eigenvalue weighted by Crippen LogP contribution is 2.54. The molecule has 3 heteroatoms. The van der Waals surface area contributed by atoms with Crippen LogP contribution in [-0.4, -0.2) is 0 Å². The van der Waals surface area contributed by atoms with Crippen LogP contribution in [0, 0.1) is 0 Å². The Morgan fingerprint density at radius 2 is 0.759 bits per heavy atom. The molecule has 2 atom stereocenters. The second kappa shape index (κ2) is 14.6. The Labute approximate surface area is 347 Å². The fraction of sp³-hybridized carbons (Fsp3) is 0.200. The van der Waals surface area contributed by atoms with Gasteiger partial charge in [-0.2, -0.15) is 0 Å². The molecule has 0 spiro atoms. The Hall–Kier alpha value is -5.06. The third kappa shape index (κ3) is 6.77. The zero-order valence-corrected chi connectivity index (χ0v) is 36.8. The van der Waals surface area contributed by atoms with Gasteiger partial charge in [-0.15, -0.1) is 0 Å². The van der Waals surface area contributed by atoms with Gasteiger partial charge in [0.05, 0.1) is 0 Å². The first-order valence-electron chi connectivity index (χ1n) is 20.5. The van der Waals surface area contributed by atoms with E-state index in [1.54, 1.807) is 0 Å². The van der Waals surface area contributed by atoms with Crippen molar-refractivity contribution in [1.82, 2.24) is 0 Å². The maximum atomic E-state index is 7.82. The van der Waals surface area contributed by atoms with Crippen LogP contribution in [0.25, 0.3) is 21.5 Å². The average molecular weight is 791 g/mol. The lowest BCUT2D eigenvalue weighted by molar-refractivity contribution is 0.422. The molecule has 9 rings (SSSR count). The molecule has 0 saturated heterocycles. The van der Waals surface area contributed by atoms with Gasteiger partial charge in [0.1, 0.15) is 11.5 Å². The van der Waals surface area contributed by atoms with Gasteiger partial charge in [0.15, 0.2) is 0 Å². The number of hydrogen-bond donors (Lipinski definition) is 0. The van der Waals surface area contributed by atoms with Gasteiger partial charge in [-0.25, -0.2) is 0 Å². The van der Waals surface area contributed by atoms with Gasteiger partial charge in [-0.05, 0) is 92.7 Å². The van der Waals surface area contributed by atoms with Gasteiger partial charge < -0.3 is 4.74 Å². The Morgan fingerprint density at radius 3 is 1.16 bits per heavy atom. The fourth-order valence-electron chi connectivity index (χ4n) is 8.59. The van der Waals surface area contributed by atoms with E-state index in [9.17, 15) is 0 Å². The van der Waals surface area contributed by atoms with Crippen molar-refractivity contribution in [3.8, 4) is 11.5 Å². The van der Waals surface area contributed by atoms with Gasteiger partial charge in [-0.1, -0.05) is 213 Å². The summed E-state index contributed by atoms with van der Waals surface area (Å²) in [5, 5.41) is 13.0. The predicted octanol–water partition coefficient (Wildman–Crippen LogP) is 12.5. The molecule has 58 heavy (non-hydrogen) atoms. The Bertz CT molecular complexity index is 2600. The predicted molar refractivity (Wildman–Crippen MR) is 255 cm³/mol. The van der Waals surface area contributed by atoms with Crippen LogP contribution in [0.1, 0.15) is 77.6 Å². The van der Waals surface area contributed by atoms with Crippen LogP contribution < -0.4 is 36.6 Å². The van der Waals surface area contributed by atoms with Gasteiger partial charge in [0.25, 0.3) is 0 Å². The van der Waals surface area contributed by atoms with E-state index in [2.05, 4.69) is 225 Å². The molecule has 1 nitrogen and oxygen atoms in total. The standard InChI is InChI=1S/C55H52OP2/c1-53(2,3)39-33-45-51(49(35-39)57(41-25-11-9-12-26-41)47-31-19-23-37-21-15-17-29-43(37)47)56-52-46(55(45,7)8)34-40(54(4,5)6)36-50(52)58(42-27-13-10-14-28-42)48-32-20-24-38-22-16-18-30-44(38)48/h9-36H,1-8H3/t57-,58-/m0/s1. The minimum Gasteiger partial charge on any atom is -0.455 e. The lowest BCUT2D eigenvalue weighted by atomic mass is 9.72. The molecule has 0 amide bonds. The fourth-order valence-corrected chi connectivity index (χ4v) is 13.8. The van der Waals surface area contributed by atoms with E-state index in [1.165, 1.54) is 75.6 Å². The smallest absolute Gasteiger partial charge is 0.139 e. The zero-order valence-electron chi connectivity index (χ0n) is 35.0. The summed E-state index contributed by atoms with van der Waals surface area (Å²) in [6.07, 6.45) is 0. The van der Waals surface area contributed by atoms with Crippen LogP contribution in [-0.2, 0) is 16.2 Å². The monoisotopic (exact) mass is 790 g/mol. The highest BCUT2D eigenvalue weighted by atomic mass is 31.1. The van der Waals surface area contributed by atoms with Crippen LogP contribution in [0.2, 0.25) is 0 Å². The number of benzene rings is 8. The molecule has 1 aliphatic heterocycles. The number of fused-ring (bicyclic) bond motifs is 4. The second-order valence-corrected chi connectivity index (χ2v) is 22.6. The molecule has 1 aliphatic rings. The lowest BCUT2D eigenvalue weighted by Gasteiger charge is -2.41. The Morgan fingerprint density at radius 1 is 0.397 bits per heavy atom. The topological polar surface area (TPSA) is 9.23 Å². The lowest BCUT2D eigenvalue weighted by Crippen LogP contribution is -2.35. The third-order valence-electron chi connectivity index (χ3n) is 11.9. The largest absolute Gasteiger partial charge is 0.455 e. The van der Waals surface area contributed by atoms with Gasteiger partial charge in [0.2, 0.25) is 0 Å². The van der Waals surface area contributed by atoms with E-state index < -0.39 is 15.8 Å². The number of ether oxygens (including phenoxy) is 1. The molecule has 8 aromatic carbocycles. The van der Waals surface area contributed by atoms with Crippen molar-refractivity contribution in [2.24, 2.45) is 0 Å². The van der Waals surface area contributed by atoms with Gasteiger partial charge in [-0.3, -0.25) is 0 Å². The minimum absolute atomic E-state index is 0.0784. The summed E-state index contributed by atoms with van der Waals surface area (Å²) in [5.41, 5.74) is 4.67. The SMILES string of the molecule is CC(C)(C)c1cc([P@@](c2ccccc2)c2cccc3ccccc23)c2c(c1)C(C)(C)c1cc(C(C)(C)C)cc([P@@](c3ccccc3)c3cccc4ccccc34)c1O2. The quantitative estimate of drug-likeness (QED) is 0.152. The summed E-state index contributed by atoms with van der Waals surface area (Å²) in [6.45, 7) is 18.9.